The van der Waals surface area contributed by atoms with Gasteiger partial charge in [0, 0.05) is 26.1 Å². The van der Waals surface area contributed by atoms with E-state index in [0.29, 0.717) is 13.0 Å². The monoisotopic (exact) mass is 172 g/mol. The first kappa shape index (κ1) is 9.64. The molecule has 2 N–H and O–H groups in total. The van der Waals surface area contributed by atoms with Crippen molar-refractivity contribution < 1.29 is 9.53 Å². The molecule has 1 saturated heterocycles. The number of carbonyl (C=O) groups excluding carboxylic acids is 1. The molecule has 0 spiro atoms. The van der Waals surface area contributed by atoms with Crippen LogP contribution in [0.15, 0.2) is 0 Å². The van der Waals surface area contributed by atoms with Crippen molar-refractivity contribution in [2.45, 2.75) is 19.6 Å². The van der Waals surface area contributed by atoms with Crippen LogP contribution in [0.2, 0.25) is 0 Å². The molecule has 0 saturated carbocycles. The average molecular weight is 172 g/mol. The van der Waals surface area contributed by atoms with Gasteiger partial charge in [-0.1, -0.05) is 0 Å². The van der Waals surface area contributed by atoms with E-state index in [1.54, 1.807) is 6.92 Å². The minimum absolute atomic E-state index is 0.175. The predicted molar refractivity (Wildman–Crippen MR) is 45.7 cm³/mol. The van der Waals surface area contributed by atoms with Crippen LogP contribution in [0.4, 0.5) is 0 Å². The lowest BCUT2D eigenvalue weighted by molar-refractivity contribution is -0.117. The Morgan fingerprint density at radius 3 is 3.08 bits per heavy atom. The molecule has 0 aromatic rings. The van der Waals surface area contributed by atoms with Crippen molar-refractivity contribution in [2.75, 3.05) is 26.2 Å². The van der Waals surface area contributed by atoms with Crippen molar-refractivity contribution >= 4 is 5.78 Å². The smallest absolute Gasteiger partial charge is 0.131 e. The first-order chi connectivity index (χ1) is 5.68. The molecular weight excluding hydrogens is 156 g/mol. The molecule has 0 bridgehead atoms. The largest absolute Gasteiger partial charge is 0.361 e. The van der Waals surface area contributed by atoms with E-state index in [1.165, 1.54) is 0 Å². The van der Waals surface area contributed by atoms with E-state index in [0.717, 1.165) is 19.6 Å². The Morgan fingerprint density at radius 1 is 1.75 bits per heavy atom. The Morgan fingerprint density at radius 2 is 2.50 bits per heavy atom. The SMILES string of the molecule is CC(=O)CCN1CCOC(N)C1. The first-order valence-electron chi connectivity index (χ1n) is 4.27. The van der Waals surface area contributed by atoms with Crippen LogP contribution < -0.4 is 5.73 Å². The Kier molecular flexibility index (Phi) is 3.65. The summed E-state index contributed by atoms with van der Waals surface area (Å²) in [5.41, 5.74) is 5.58. The highest BCUT2D eigenvalue weighted by Gasteiger charge is 2.16. The Labute approximate surface area is 72.7 Å². The molecule has 0 aromatic heterocycles. The molecule has 1 rings (SSSR count). The standard InChI is InChI=1S/C8H16N2O2/c1-7(11)2-3-10-4-5-12-8(9)6-10/h8H,2-6,9H2,1H3. The molecule has 0 radical (unpaired) electrons. The summed E-state index contributed by atoms with van der Waals surface area (Å²) in [6.45, 7) is 4.74. The lowest BCUT2D eigenvalue weighted by atomic mass is 10.3. The third-order valence-corrected chi connectivity index (χ3v) is 1.96. The second kappa shape index (κ2) is 4.54. The van der Waals surface area contributed by atoms with Crippen LogP contribution in [0.25, 0.3) is 0 Å². The van der Waals surface area contributed by atoms with E-state index in [1.807, 2.05) is 0 Å². The fraction of sp³-hybridized carbons (Fsp3) is 0.875. The zero-order chi connectivity index (χ0) is 8.97. The molecule has 0 aliphatic carbocycles. The van der Waals surface area contributed by atoms with Crippen molar-refractivity contribution in [3.05, 3.63) is 0 Å². The summed E-state index contributed by atoms with van der Waals surface area (Å²) >= 11 is 0. The number of hydrogen-bond donors (Lipinski definition) is 1. The summed E-state index contributed by atoms with van der Waals surface area (Å²) < 4.78 is 5.17. The maximum absolute atomic E-state index is 10.7. The predicted octanol–water partition coefficient (Wildman–Crippen LogP) is -0.417. The number of hydrogen-bond acceptors (Lipinski definition) is 4. The lowest BCUT2D eigenvalue weighted by Crippen LogP contribution is -2.47. The highest BCUT2D eigenvalue weighted by atomic mass is 16.5. The minimum Gasteiger partial charge on any atom is -0.361 e. The maximum Gasteiger partial charge on any atom is 0.131 e. The average Bonchev–Trinajstić information content (AvgIpc) is 2.01. The fourth-order valence-corrected chi connectivity index (χ4v) is 1.25. The molecule has 12 heavy (non-hydrogen) atoms. The molecule has 1 unspecified atom stereocenters. The van der Waals surface area contributed by atoms with Gasteiger partial charge in [0.25, 0.3) is 0 Å². The molecule has 4 heteroatoms. The number of ether oxygens (including phenoxy) is 1. The van der Waals surface area contributed by atoms with E-state index >= 15 is 0 Å². The molecule has 0 amide bonds. The lowest BCUT2D eigenvalue weighted by Gasteiger charge is -2.30. The molecule has 1 atom stereocenters. The molecule has 1 aliphatic heterocycles. The van der Waals surface area contributed by atoms with Gasteiger partial charge < -0.3 is 10.5 Å². The Balaban J connectivity index is 2.18. The summed E-state index contributed by atoms with van der Waals surface area (Å²) in [5.74, 6) is 0.232. The van der Waals surface area contributed by atoms with E-state index in [4.69, 9.17) is 10.5 Å². The molecular formula is C8H16N2O2. The van der Waals surface area contributed by atoms with Crippen LogP contribution in [0.3, 0.4) is 0 Å². The van der Waals surface area contributed by atoms with Gasteiger partial charge in [-0.2, -0.15) is 0 Å². The van der Waals surface area contributed by atoms with E-state index in [9.17, 15) is 4.79 Å². The van der Waals surface area contributed by atoms with Gasteiger partial charge in [0.05, 0.1) is 6.61 Å². The Hall–Kier alpha value is -0.450. The van der Waals surface area contributed by atoms with E-state index in [-0.39, 0.29) is 12.0 Å². The molecule has 0 aromatic carbocycles. The van der Waals surface area contributed by atoms with Gasteiger partial charge >= 0.3 is 0 Å². The number of Topliss-reactive ketones (excluding diaryl/α,β-unsaturated/α-hetero) is 1. The first-order valence-corrected chi connectivity index (χ1v) is 4.27. The normalized spacial score (nSPS) is 25.7. The zero-order valence-electron chi connectivity index (χ0n) is 7.45. The van der Waals surface area contributed by atoms with Crippen molar-refractivity contribution in [3.63, 3.8) is 0 Å². The van der Waals surface area contributed by atoms with Crippen LogP contribution in [0.1, 0.15) is 13.3 Å². The van der Waals surface area contributed by atoms with Crippen molar-refractivity contribution in [1.82, 2.24) is 4.90 Å². The van der Waals surface area contributed by atoms with Crippen molar-refractivity contribution in [2.24, 2.45) is 5.73 Å². The highest BCUT2D eigenvalue weighted by Crippen LogP contribution is 2.01. The molecule has 4 nitrogen and oxygen atoms in total. The van der Waals surface area contributed by atoms with Gasteiger partial charge in [-0.25, -0.2) is 0 Å². The van der Waals surface area contributed by atoms with Gasteiger partial charge in [0.1, 0.15) is 12.0 Å². The molecule has 1 heterocycles. The second-order valence-electron chi connectivity index (χ2n) is 3.16. The molecule has 1 aliphatic rings. The van der Waals surface area contributed by atoms with Gasteiger partial charge in [-0.05, 0) is 6.92 Å². The third-order valence-electron chi connectivity index (χ3n) is 1.96. The van der Waals surface area contributed by atoms with Crippen LogP contribution in [0.5, 0.6) is 0 Å². The summed E-state index contributed by atoms with van der Waals surface area (Å²) in [5, 5.41) is 0. The molecule has 1 fully saturated rings. The number of nitrogens with two attached hydrogens (primary N) is 1. The Bertz CT molecular complexity index is 161. The number of rotatable bonds is 3. The van der Waals surface area contributed by atoms with Gasteiger partial charge in [0.15, 0.2) is 0 Å². The van der Waals surface area contributed by atoms with E-state index < -0.39 is 0 Å². The summed E-state index contributed by atoms with van der Waals surface area (Å²) in [6, 6.07) is 0. The third kappa shape index (κ3) is 3.30. The number of carbonyl (C=O) groups is 1. The minimum atomic E-state index is -0.175. The number of nitrogens with zero attached hydrogens (tertiary/aromatic N) is 1. The highest BCUT2D eigenvalue weighted by molar-refractivity contribution is 5.75. The van der Waals surface area contributed by atoms with Crippen LogP contribution in [0, 0.1) is 0 Å². The number of ketones is 1. The van der Waals surface area contributed by atoms with Crippen molar-refractivity contribution in [1.29, 1.82) is 0 Å². The maximum atomic E-state index is 10.7. The van der Waals surface area contributed by atoms with Gasteiger partial charge in [-0.15, -0.1) is 0 Å². The van der Waals surface area contributed by atoms with Crippen LogP contribution in [-0.4, -0.2) is 43.2 Å². The fourth-order valence-electron chi connectivity index (χ4n) is 1.25. The van der Waals surface area contributed by atoms with Crippen molar-refractivity contribution in [3.8, 4) is 0 Å². The number of morpholine rings is 1. The topological polar surface area (TPSA) is 55.6 Å². The summed E-state index contributed by atoms with van der Waals surface area (Å²) in [4.78, 5) is 12.8. The second-order valence-corrected chi connectivity index (χ2v) is 3.16. The van der Waals surface area contributed by atoms with Gasteiger partial charge in [-0.3, -0.25) is 9.69 Å². The van der Waals surface area contributed by atoms with Gasteiger partial charge in [0.2, 0.25) is 0 Å². The van der Waals surface area contributed by atoms with E-state index in [2.05, 4.69) is 4.90 Å². The summed E-state index contributed by atoms with van der Waals surface area (Å²) in [6.07, 6.45) is 0.443. The quantitative estimate of drug-likeness (QED) is 0.628. The molecule has 70 valence electrons. The van der Waals surface area contributed by atoms with Crippen LogP contribution in [-0.2, 0) is 9.53 Å². The zero-order valence-corrected chi connectivity index (χ0v) is 7.45. The van der Waals surface area contributed by atoms with Crippen LogP contribution >= 0.6 is 0 Å². The summed E-state index contributed by atoms with van der Waals surface area (Å²) in [7, 11) is 0.